The van der Waals surface area contributed by atoms with Gasteiger partial charge in [0.05, 0.1) is 28.7 Å². The average molecular weight is 583 g/mol. The van der Waals surface area contributed by atoms with Gasteiger partial charge < -0.3 is 19.7 Å². The Morgan fingerprint density at radius 3 is 2.00 bits per heavy atom. The minimum atomic E-state index is -3.78. The summed E-state index contributed by atoms with van der Waals surface area (Å²) in [4.78, 5) is 11.5. The van der Waals surface area contributed by atoms with Crippen molar-refractivity contribution in [3.8, 4) is 11.5 Å². The summed E-state index contributed by atoms with van der Waals surface area (Å²) in [5, 5.41) is 20.4. The van der Waals surface area contributed by atoms with E-state index in [0.717, 1.165) is 24.3 Å². The Hall–Kier alpha value is -1.75. The van der Waals surface area contributed by atoms with Crippen LogP contribution in [0.5, 0.6) is 11.5 Å². The third-order valence-corrected chi connectivity index (χ3v) is 7.59. The smallest absolute Gasteiger partial charge is 0.234 e. The Bertz CT molecular complexity index is 1130. The molecule has 12 heteroatoms. The Labute approximate surface area is 226 Å². The van der Waals surface area contributed by atoms with E-state index >= 15 is 0 Å². The predicted molar refractivity (Wildman–Crippen MR) is 141 cm³/mol. The molecule has 0 aliphatic heterocycles. The largest absolute Gasteiger partial charge is 0.491 e. The molecule has 2 aromatic rings. The van der Waals surface area contributed by atoms with Crippen LogP contribution in [-0.4, -0.2) is 72.9 Å². The van der Waals surface area contributed by atoms with Crippen LogP contribution in [-0.2, 0) is 20.2 Å². The van der Waals surface area contributed by atoms with Crippen molar-refractivity contribution < 1.29 is 32.9 Å². The third kappa shape index (κ3) is 8.13. The molecule has 2 aromatic carbocycles. The predicted octanol–water partition coefficient (Wildman–Crippen LogP) is 3.85. The van der Waals surface area contributed by atoms with Crippen molar-refractivity contribution in [2.45, 2.75) is 38.4 Å². The Morgan fingerprint density at radius 2 is 1.53 bits per heavy atom. The second kappa shape index (κ2) is 12.7. The summed E-state index contributed by atoms with van der Waals surface area (Å²) in [5.74, 6) is 0.0654. The second-order valence-electron chi connectivity index (χ2n) is 8.82. The molecule has 0 heterocycles. The van der Waals surface area contributed by atoms with Crippen LogP contribution in [0, 0.1) is 0 Å². The minimum Gasteiger partial charge on any atom is -0.491 e. The van der Waals surface area contributed by atoms with Gasteiger partial charge in [-0.3, -0.25) is 4.79 Å². The van der Waals surface area contributed by atoms with E-state index in [1.165, 1.54) is 0 Å². The van der Waals surface area contributed by atoms with Crippen molar-refractivity contribution in [1.29, 1.82) is 0 Å². The number of alkyl halides is 1. The molecule has 0 unspecified atom stereocenters. The molecule has 0 saturated carbocycles. The molecule has 0 radical (unpaired) electrons. The van der Waals surface area contributed by atoms with Crippen molar-refractivity contribution >= 4 is 50.7 Å². The lowest BCUT2D eigenvalue weighted by atomic mass is 9.78. The van der Waals surface area contributed by atoms with Gasteiger partial charge in [0.15, 0.2) is 5.75 Å². The topological polar surface area (TPSA) is 113 Å². The lowest BCUT2D eigenvalue weighted by Crippen LogP contribution is -2.41. The van der Waals surface area contributed by atoms with Gasteiger partial charge in [-0.15, -0.1) is 11.6 Å². The van der Waals surface area contributed by atoms with E-state index in [2.05, 4.69) is 0 Å². The molecule has 1 amide bonds. The van der Waals surface area contributed by atoms with E-state index in [-0.39, 0.29) is 24.8 Å². The number of carbonyl (C=O) groups excluding carboxylic acids is 1. The molecule has 0 aliphatic carbocycles. The number of amides is 1. The molecular weight excluding hydrogens is 553 g/mol. The number of nitrogens with zero attached hydrogens (tertiary/aromatic N) is 1. The second-order valence-corrected chi connectivity index (χ2v) is 11.8. The molecule has 0 aliphatic rings. The molecular formula is C24H30Cl3NO7S. The number of ether oxygens (including phenoxy) is 2. The van der Waals surface area contributed by atoms with Gasteiger partial charge in [0.2, 0.25) is 15.9 Å². The Balaban J connectivity index is 2.10. The quantitative estimate of drug-likeness (QED) is 0.366. The molecule has 0 fully saturated rings. The highest BCUT2D eigenvalue weighted by Crippen LogP contribution is 2.40. The molecule has 0 aromatic heterocycles. The fourth-order valence-electron chi connectivity index (χ4n) is 3.35. The van der Waals surface area contributed by atoms with Crippen molar-refractivity contribution in [3.05, 3.63) is 57.6 Å². The molecule has 200 valence electrons. The summed E-state index contributed by atoms with van der Waals surface area (Å²) in [7, 11) is -3.78. The van der Waals surface area contributed by atoms with Crippen LogP contribution >= 0.6 is 34.8 Å². The van der Waals surface area contributed by atoms with Crippen molar-refractivity contribution in [2.24, 2.45) is 0 Å². The number of aliphatic hydroxyl groups excluding tert-OH is 2. The first-order valence-corrected chi connectivity index (χ1v) is 14.1. The van der Waals surface area contributed by atoms with Crippen molar-refractivity contribution in [2.75, 3.05) is 31.9 Å². The van der Waals surface area contributed by atoms with Gasteiger partial charge in [0.1, 0.15) is 31.2 Å². The molecule has 2 rings (SSSR count). The summed E-state index contributed by atoms with van der Waals surface area (Å²) in [6.45, 7) is 4.46. The number of benzene rings is 2. The van der Waals surface area contributed by atoms with Gasteiger partial charge in [-0.25, -0.2) is 12.7 Å². The molecule has 36 heavy (non-hydrogen) atoms. The lowest BCUT2D eigenvalue weighted by Gasteiger charge is -2.27. The highest BCUT2D eigenvalue weighted by Gasteiger charge is 2.26. The first-order valence-electron chi connectivity index (χ1n) is 10.9. The van der Waals surface area contributed by atoms with Gasteiger partial charge in [-0.2, -0.15) is 0 Å². The zero-order chi connectivity index (χ0) is 27.3. The van der Waals surface area contributed by atoms with Gasteiger partial charge in [-0.1, -0.05) is 49.2 Å². The van der Waals surface area contributed by atoms with E-state index in [1.807, 2.05) is 26.0 Å². The number of hydrogen-bond acceptors (Lipinski definition) is 7. The summed E-state index contributed by atoms with van der Waals surface area (Å²) in [6.07, 6.45) is -1.14. The summed E-state index contributed by atoms with van der Waals surface area (Å²) in [6, 6.07) is 10.6. The standard InChI is InChI=1S/C24H30Cl3NO7S/c1-15(29)28(36(4,32)33)12-19(31)14-34-20-7-5-16(6-8-20)24(2,3)17-9-21(26)23(22(27)10-17)35-13-18(30)11-25/h5-10,18-19,30-31H,11-14H2,1-4H3/t18-,19-/m0/s1. The van der Waals surface area contributed by atoms with E-state index in [9.17, 15) is 23.4 Å². The van der Waals surface area contributed by atoms with Crippen molar-refractivity contribution in [1.82, 2.24) is 4.31 Å². The van der Waals surface area contributed by atoms with Crippen molar-refractivity contribution in [3.63, 3.8) is 0 Å². The normalized spacial score (nSPS) is 13.7. The summed E-state index contributed by atoms with van der Waals surface area (Å²) < 4.78 is 35.0. The summed E-state index contributed by atoms with van der Waals surface area (Å²) >= 11 is 18.4. The molecule has 2 N–H and O–H groups in total. The van der Waals surface area contributed by atoms with E-state index in [4.69, 9.17) is 44.3 Å². The highest BCUT2D eigenvalue weighted by molar-refractivity contribution is 7.88. The Kier molecular flexibility index (Phi) is 10.7. The van der Waals surface area contributed by atoms with Gasteiger partial charge >= 0.3 is 0 Å². The first-order chi connectivity index (χ1) is 16.7. The molecule has 8 nitrogen and oxygen atoms in total. The molecule has 0 spiro atoms. The van der Waals surface area contributed by atoms with E-state index in [0.29, 0.717) is 20.1 Å². The summed E-state index contributed by atoms with van der Waals surface area (Å²) in [5.41, 5.74) is 1.25. The average Bonchev–Trinajstić information content (AvgIpc) is 2.79. The minimum absolute atomic E-state index is 0.0243. The highest BCUT2D eigenvalue weighted by atomic mass is 35.5. The van der Waals surface area contributed by atoms with Crippen LogP contribution in [0.2, 0.25) is 10.0 Å². The van der Waals surface area contributed by atoms with Crippen LogP contribution in [0.15, 0.2) is 36.4 Å². The van der Waals surface area contributed by atoms with Crippen LogP contribution in [0.1, 0.15) is 31.9 Å². The molecule has 0 saturated heterocycles. The monoisotopic (exact) mass is 581 g/mol. The zero-order valence-electron chi connectivity index (χ0n) is 20.4. The maximum Gasteiger partial charge on any atom is 0.234 e. The van der Waals surface area contributed by atoms with Crippen LogP contribution in [0.3, 0.4) is 0 Å². The fraction of sp³-hybridized carbons (Fsp3) is 0.458. The van der Waals surface area contributed by atoms with Crippen LogP contribution < -0.4 is 9.47 Å². The number of halogens is 3. The zero-order valence-corrected chi connectivity index (χ0v) is 23.5. The molecule has 0 bridgehead atoms. The van der Waals surface area contributed by atoms with Gasteiger partial charge in [0, 0.05) is 12.3 Å². The molecule has 2 atom stereocenters. The maximum absolute atomic E-state index is 11.7. The number of rotatable bonds is 12. The third-order valence-electron chi connectivity index (χ3n) is 5.46. The first kappa shape index (κ1) is 30.5. The Morgan fingerprint density at radius 1 is 1.00 bits per heavy atom. The van der Waals surface area contributed by atoms with E-state index in [1.54, 1.807) is 24.3 Å². The van der Waals surface area contributed by atoms with E-state index < -0.39 is 40.1 Å². The number of hydrogen-bond donors (Lipinski definition) is 2. The van der Waals surface area contributed by atoms with Gasteiger partial charge in [0.25, 0.3) is 0 Å². The van der Waals surface area contributed by atoms with Crippen LogP contribution in [0.25, 0.3) is 0 Å². The SMILES string of the molecule is CC(=O)N(C[C@H](O)COc1ccc(C(C)(C)c2cc(Cl)c(OC[C@@H](O)CCl)c(Cl)c2)cc1)S(C)(=O)=O. The number of aliphatic hydroxyl groups is 2. The lowest BCUT2D eigenvalue weighted by molar-refractivity contribution is -0.125. The maximum atomic E-state index is 11.7. The van der Waals surface area contributed by atoms with Crippen LogP contribution in [0.4, 0.5) is 0 Å². The number of carbonyl (C=O) groups is 1. The van der Waals surface area contributed by atoms with Gasteiger partial charge in [-0.05, 0) is 35.4 Å². The fourth-order valence-corrected chi connectivity index (χ4v) is 4.95. The number of sulfonamides is 1.